The summed E-state index contributed by atoms with van der Waals surface area (Å²) in [5.74, 6) is -0.0406. The van der Waals surface area contributed by atoms with E-state index in [4.69, 9.17) is 10.5 Å². The normalized spacial score (nSPS) is 31.2. The Morgan fingerprint density at radius 1 is 1.17 bits per heavy atom. The number of nitrogens with one attached hydrogen (secondary N) is 2. The van der Waals surface area contributed by atoms with Gasteiger partial charge in [0, 0.05) is 37.6 Å². The van der Waals surface area contributed by atoms with Gasteiger partial charge in [-0.3, -0.25) is 4.79 Å². The zero-order valence-electron chi connectivity index (χ0n) is 15.1. The zero-order chi connectivity index (χ0) is 16.9. The molecule has 0 bridgehead atoms. The Balaban J connectivity index is 1.70. The molecule has 2 unspecified atom stereocenters. The third-order valence-electron chi connectivity index (χ3n) is 5.93. The van der Waals surface area contributed by atoms with E-state index in [-0.39, 0.29) is 17.4 Å². The Hall–Kier alpha value is -0.650. The highest BCUT2D eigenvalue weighted by molar-refractivity contribution is 5.88. The van der Waals surface area contributed by atoms with Gasteiger partial charge in [0.05, 0.1) is 6.10 Å². The van der Waals surface area contributed by atoms with Crippen molar-refractivity contribution in [3.63, 3.8) is 0 Å². The van der Waals surface area contributed by atoms with E-state index in [1.807, 2.05) is 20.8 Å². The third kappa shape index (κ3) is 4.06. The van der Waals surface area contributed by atoms with Crippen LogP contribution >= 0.6 is 0 Å². The van der Waals surface area contributed by atoms with Gasteiger partial charge >= 0.3 is 0 Å². The van der Waals surface area contributed by atoms with Crippen LogP contribution in [0.4, 0.5) is 0 Å². The van der Waals surface area contributed by atoms with Crippen molar-refractivity contribution in [3.05, 3.63) is 0 Å². The second-order valence-corrected chi connectivity index (χ2v) is 7.74. The molecule has 0 spiro atoms. The first kappa shape index (κ1) is 18.7. The predicted molar refractivity (Wildman–Crippen MR) is 93.2 cm³/mol. The van der Waals surface area contributed by atoms with Crippen molar-refractivity contribution in [2.45, 2.75) is 83.4 Å². The first-order valence-electron chi connectivity index (χ1n) is 9.34. The fraction of sp³-hybridized carbons (Fsp3) is 0.944. The van der Waals surface area contributed by atoms with Gasteiger partial charge in [0.15, 0.2) is 0 Å². The van der Waals surface area contributed by atoms with Crippen LogP contribution in [0.5, 0.6) is 0 Å². The Kier molecular flexibility index (Phi) is 6.46. The summed E-state index contributed by atoms with van der Waals surface area (Å²) in [6.07, 6.45) is 8.57. The molecule has 2 rings (SSSR count). The van der Waals surface area contributed by atoms with Crippen molar-refractivity contribution >= 4 is 5.91 Å². The molecule has 0 aliphatic heterocycles. The number of carbonyl (C=O) groups is 1. The van der Waals surface area contributed by atoms with Crippen LogP contribution in [0, 0.1) is 5.41 Å². The summed E-state index contributed by atoms with van der Waals surface area (Å²) in [7, 11) is 0. The molecule has 134 valence electrons. The van der Waals surface area contributed by atoms with Crippen LogP contribution in [0.15, 0.2) is 0 Å². The molecule has 2 saturated carbocycles. The smallest absolute Gasteiger partial charge is 0.240 e. The van der Waals surface area contributed by atoms with Crippen LogP contribution in [0.3, 0.4) is 0 Å². The van der Waals surface area contributed by atoms with Gasteiger partial charge in [0.25, 0.3) is 0 Å². The summed E-state index contributed by atoms with van der Waals surface area (Å²) >= 11 is 0. The van der Waals surface area contributed by atoms with E-state index in [1.165, 1.54) is 38.5 Å². The molecule has 0 saturated heterocycles. The molecule has 0 aromatic rings. The molecule has 0 aromatic heterocycles. The second-order valence-electron chi connectivity index (χ2n) is 7.74. The van der Waals surface area contributed by atoms with Crippen LogP contribution in [0.2, 0.25) is 0 Å². The molecule has 4 N–H and O–H groups in total. The molecule has 5 nitrogen and oxygen atoms in total. The van der Waals surface area contributed by atoms with Gasteiger partial charge in [-0.2, -0.15) is 0 Å². The van der Waals surface area contributed by atoms with E-state index in [2.05, 4.69) is 10.6 Å². The number of nitrogens with two attached hydrogens (primary N) is 1. The average molecular weight is 325 g/mol. The minimum atomic E-state index is -0.810. The number of amides is 1. The van der Waals surface area contributed by atoms with Gasteiger partial charge in [-0.25, -0.2) is 0 Å². The largest absolute Gasteiger partial charge is 0.378 e. The second kappa shape index (κ2) is 7.95. The molecule has 2 atom stereocenters. The molecular formula is C18H35N3O2. The summed E-state index contributed by atoms with van der Waals surface area (Å²) in [5, 5.41) is 6.59. The number of hydrogen-bond acceptors (Lipinski definition) is 4. The van der Waals surface area contributed by atoms with Gasteiger partial charge in [-0.15, -0.1) is 0 Å². The van der Waals surface area contributed by atoms with Crippen LogP contribution in [-0.4, -0.2) is 43.3 Å². The quantitative estimate of drug-likeness (QED) is 0.494. The molecule has 0 aromatic carbocycles. The maximum atomic E-state index is 12.5. The predicted octanol–water partition coefficient (Wildman–Crippen LogP) is 1.95. The third-order valence-corrected chi connectivity index (χ3v) is 5.93. The van der Waals surface area contributed by atoms with E-state index in [1.54, 1.807) is 0 Å². The van der Waals surface area contributed by atoms with Gasteiger partial charge in [-0.1, -0.05) is 39.5 Å². The highest BCUT2D eigenvalue weighted by atomic mass is 16.5. The number of hydrogen-bond donors (Lipinski definition) is 3. The van der Waals surface area contributed by atoms with Crippen molar-refractivity contribution < 1.29 is 9.53 Å². The maximum Gasteiger partial charge on any atom is 0.240 e. The lowest BCUT2D eigenvalue weighted by Crippen LogP contribution is -2.75. The van der Waals surface area contributed by atoms with Crippen LogP contribution in [0.1, 0.15) is 65.7 Å². The summed E-state index contributed by atoms with van der Waals surface area (Å²) in [5.41, 5.74) is 5.25. The van der Waals surface area contributed by atoms with E-state index >= 15 is 0 Å². The molecule has 2 fully saturated rings. The van der Waals surface area contributed by atoms with Gasteiger partial charge in [-0.05, 0) is 19.8 Å². The van der Waals surface area contributed by atoms with Crippen LogP contribution in [-0.2, 0) is 9.53 Å². The minimum absolute atomic E-state index is 0.0406. The Labute approximate surface area is 141 Å². The first-order chi connectivity index (χ1) is 10.9. The monoisotopic (exact) mass is 325 g/mol. The van der Waals surface area contributed by atoms with Crippen LogP contribution < -0.4 is 16.4 Å². The Bertz CT molecular complexity index is 392. The van der Waals surface area contributed by atoms with Crippen molar-refractivity contribution in [2.24, 2.45) is 11.1 Å². The number of carbonyl (C=O) groups excluding carboxylic acids is 1. The fourth-order valence-corrected chi connectivity index (χ4v) is 3.91. The van der Waals surface area contributed by atoms with Crippen molar-refractivity contribution in [2.75, 3.05) is 19.7 Å². The lowest BCUT2D eigenvalue weighted by Gasteiger charge is -2.57. The molecule has 2 aliphatic rings. The van der Waals surface area contributed by atoms with E-state index < -0.39 is 5.54 Å². The van der Waals surface area contributed by atoms with E-state index in [0.29, 0.717) is 25.6 Å². The zero-order valence-corrected chi connectivity index (χ0v) is 15.1. The molecule has 1 amide bonds. The highest BCUT2D eigenvalue weighted by Crippen LogP contribution is 2.49. The Morgan fingerprint density at radius 3 is 2.39 bits per heavy atom. The van der Waals surface area contributed by atoms with Crippen molar-refractivity contribution in [3.8, 4) is 0 Å². The average Bonchev–Trinajstić information content (AvgIpc) is 2.79. The van der Waals surface area contributed by atoms with E-state index in [9.17, 15) is 4.79 Å². The SMILES string of the molecule is CCOC1CC(N)(C(=O)NCCNC2CCCCCC2)C1(C)C. The highest BCUT2D eigenvalue weighted by Gasteiger charge is 2.62. The van der Waals surface area contributed by atoms with Gasteiger partial charge in [0.2, 0.25) is 5.91 Å². The van der Waals surface area contributed by atoms with Gasteiger partial charge < -0.3 is 21.1 Å². The lowest BCUT2D eigenvalue weighted by atomic mass is 9.54. The summed E-state index contributed by atoms with van der Waals surface area (Å²) in [4.78, 5) is 12.5. The molecular weight excluding hydrogens is 290 g/mol. The van der Waals surface area contributed by atoms with Crippen molar-refractivity contribution in [1.29, 1.82) is 0 Å². The Morgan fingerprint density at radius 2 is 1.83 bits per heavy atom. The topological polar surface area (TPSA) is 76.4 Å². The lowest BCUT2D eigenvalue weighted by molar-refractivity contribution is -0.170. The minimum Gasteiger partial charge on any atom is -0.378 e. The molecule has 0 heterocycles. The van der Waals surface area contributed by atoms with Crippen molar-refractivity contribution in [1.82, 2.24) is 10.6 Å². The summed E-state index contributed by atoms with van der Waals surface area (Å²) in [6.45, 7) is 8.16. The maximum absolute atomic E-state index is 12.5. The van der Waals surface area contributed by atoms with Crippen LogP contribution in [0.25, 0.3) is 0 Å². The summed E-state index contributed by atoms with van der Waals surface area (Å²) < 4.78 is 5.68. The molecule has 23 heavy (non-hydrogen) atoms. The molecule has 5 heteroatoms. The number of ether oxygens (including phenoxy) is 1. The standard InChI is InChI=1S/C18H35N3O2/c1-4-23-15-13-18(19,17(15,2)3)16(22)21-12-11-20-14-9-7-5-6-8-10-14/h14-15,20H,4-13,19H2,1-3H3,(H,21,22). The fourth-order valence-electron chi connectivity index (χ4n) is 3.91. The molecule has 0 radical (unpaired) electrons. The number of rotatable bonds is 7. The molecule has 2 aliphatic carbocycles. The first-order valence-corrected chi connectivity index (χ1v) is 9.34. The summed E-state index contributed by atoms with van der Waals surface area (Å²) in [6, 6.07) is 0.615. The van der Waals surface area contributed by atoms with E-state index in [0.717, 1.165) is 6.54 Å². The van der Waals surface area contributed by atoms with Gasteiger partial charge in [0.1, 0.15) is 5.54 Å².